The van der Waals surface area contributed by atoms with E-state index in [9.17, 15) is 0 Å². The van der Waals surface area contributed by atoms with Gasteiger partial charge in [-0.2, -0.15) is 0 Å². The van der Waals surface area contributed by atoms with E-state index in [1.165, 1.54) is 5.56 Å². The van der Waals surface area contributed by atoms with Crippen LogP contribution in [0.2, 0.25) is 5.02 Å². The summed E-state index contributed by atoms with van der Waals surface area (Å²) in [5.74, 6) is 0. The highest BCUT2D eigenvalue weighted by molar-refractivity contribution is 9.10. The van der Waals surface area contributed by atoms with Crippen molar-refractivity contribution >= 4 is 27.5 Å². The summed E-state index contributed by atoms with van der Waals surface area (Å²) in [4.78, 5) is 0. The van der Waals surface area contributed by atoms with Crippen molar-refractivity contribution in [2.24, 2.45) is 0 Å². The molecule has 0 aliphatic rings. The molecule has 0 bridgehead atoms. The average molecular weight is 305 g/mol. The van der Waals surface area contributed by atoms with E-state index in [1.54, 1.807) is 0 Å². The largest absolute Gasteiger partial charge is 0.312 e. The molecular weight excluding hydrogens is 286 g/mol. The van der Waals surface area contributed by atoms with Crippen LogP contribution in [0.15, 0.2) is 22.7 Å². The Morgan fingerprint density at radius 2 is 2.00 bits per heavy atom. The number of benzene rings is 1. The van der Waals surface area contributed by atoms with Crippen LogP contribution in [0.5, 0.6) is 0 Å². The summed E-state index contributed by atoms with van der Waals surface area (Å²) < 4.78 is 1.04. The van der Waals surface area contributed by atoms with Gasteiger partial charge in [-0.15, -0.1) is 0 Å². The SMILES string of the molecule is CC(C)(C)NCCCc1ccc(Br)cc1Cl. The van der Waals surface area contributed by atoms with Crippen LogP contribution in [0, 0.1) is 0 Å². The second-order valence-corrected chi connectivity index (χ2v) is 6.34. The molecule has 0 spiro atoms. The summed E-state index contributed by atoms with van der Waals surface area (Å²) in [6.45, 7) is 7.56. The highest BCUT2D eigenvalue weighted by atomic mass is 79.9. The van der Waals surface area contributed by atoms with Gasteiger partial charge < -0.3 is 5.32 Å². The van der Waals surface area contributed by atoms with E-state index in [4.69, 9.17) is 11.6 Å². The lowest BCUT2D eigenvalue weighted by Gasteiger charge is -2.20. The van der Waals surface area contributed by atoms with Crippen LogP contribution in [-0.4, -0.2) is 12.1 Å². The summed E-state index contributed by atoms with van der Waals surface area (Å²) in [7, 11) is 0. The Labute approximate surface area is 112 Å². The number of rotatable bonds is 4. The van der Waals surface area contributed by atoms with Crippen LogP contribution in [0.3, 0.4) is 0 Å². The van der Waals surface area contributed by atoms with Crippen molar-refractivity contribution in [3.05, 3.63) is 33.3 Å². The van der Waals surface area contributed by atoms with Crippen LogP contribution in [0.4, 0.5) is 0 Å². The van der Waals surface area contributed by atoms with Crippen molar-refractivity contribution in [3.8, 4) is 0 Å². The van der Waals surface area contributed by atoms with Crippen molar-refractivity contribution in [2.75, 3.05) is 6.54 Å². The highest BCUT2D eigenvalue weighted by Gasteiger charge is 2.07. The molecule has 0 fully saturated rings. The molecule has 1 N–H and O–H groups in total. The molecule has 0 unspecified atom stereocenters. The van der Waals surface area contributed by atoms with Gasteiger partial charge in [0.1, 0.15) is 0 Å². The Hall–Kier alpha value is -0.0500. The maximum absolute atomic E-state index is 6.15. The van der Waals surface area contributed by atoms with Crippen LogP contribution in [0.25, 0.3) is 0 Å². The van der Waals surface area contributed by atoms with Crippen molar-refractivity contribution in [2.45, 2.75) is 39.2 Å². The lowest BCUT2D eigenvalue weighted by atomic mass is 10.1. The summed E-state index contributed by atoms with van der Waals surface area (Å²) in [6.07, 6.45) is 2.13. The van der Waals surface area contributed by atoms with Crippen LogP contribution in [0.1, 0.15) is 32.8 Å². The Balaban J connectivity index is 2.38. The Morgan fingerprint density at radius 1 is 1.31 bits per heavy atom. The van der Waals surface area contributed by atoms with Crippen LogP contribution in [-0.2, 0) is 6.42 Å². The monoisotopic (exact) mass is 303 g/mol. The fraction of sp³-hybridized carbons (Fsp3) is 0.538. The molecule has 0 radical (unpaired) electrons. The first-order valence-electron chi connectivity index (χ1n) is 5.57. The van der Waals surface area contributed by atoms with Gasteiger partial charge in [-0.05, 0) is 57.9 Å². The van der Waals surface area contributed by atoms with Gasteiger partial charge in [0.15, 0.2) is 0 Å². The molecule has 1 rings (SSSR count). The Bertz CT molecular complexity index is 344. The molecule has 0 aliphatic carbocycles. The highest BCUT2D eigenvalue weighted by Crippen LogP contribution is 2.22. The molecule has 0 aliphatic heterocycles. The second-order valence-electron chi connectivity index (χ2n) is 5.02. The minimum Gasteiger partial charge on any atom is -0.312 e. The predicted molar refractivity (Wildman–Crippen MR) is 75.2 cm³/mol. The number of hydrogen-bond acceptors (Lipinski definition) is 1. The van der Waals surface area contributed by atoms with Crippen molar-refractivity contribution in [1.82, 2.24) is 5.32 Å². The maximum atomic E-state index is 6.15. The summed E-state index contributed by atoms with van der Waals surface area (Å²) in [6, 6.07) is 6.08. The number of nitrogens with one attached hydrogen (secondary N) is 1. The standard InChI is InChI=1S/C13H19BrClN/c1-13(2,3)16-8-4-5-10-6-7-11(14)9-12(10)15/h6-7,9,16H,4-5,8H2,1-3H3. The third-order valence-corrected chi connectivity index (χ3v) is 3.14. The number of hydrogen-bond donors (Lipinski definition) is 1. The summed E-state index contributed by atoms with van der Waals surface area (Å²) >= 11 is 9.56. The molecule has 0 atom stereocenters. The molecule has 90 valence electrons. The Morgan fingerprint density at radius 3 is 2.56 bits per heavy atom. The van der Waals surface area contributed by atoms with E-state index in [0.717, 1.165) is 28.9 Å². The summed E-state index contributed by atoms with van der Waals surface area (Å²) in [5.41, 5.74) is 1.42. The average Bonchev–Trinajstić information content (AvgIpc) is 2.13. The fourth-order valence-corrected chi connectivity index (χ4v) is 2.23. The van der Waals surface area contributed by atoms with Gasteiger partial charge in [0, 0.05) is 15.0 Å². The van der Waals surface area contributed by atoms with E-state index in [2.05, 4.69) is 48.1 Å². The predicted octanol–water partition coefficient (Wildman–Crippen LogP) is 4.42. The van der Waals surface area contributed by atoms with E-state index in [0.29, 0.717) is 0 Å². The van der Waals surface area contributed by atoms with Crippen molar-refractivity contribution in [3.63, 3.8) is 0 Å². The topological polar surface area (TPSA) is 12.0 Å². The van der Waals surface area contributed by atoms with Gasteiger partial charge in [-0.3, -0.25) is 0 Å². The molecule has 0 saturated heterocycles. The minimum atomic E-state index is 0.198. The zero-order valence-electron chi connectivity index (χ0n) is 10.1. The molecular formula is C13H19BrClN. The van der Waals surface area contributed by atoms with Gasteiger partial charge in [0.2, 0.25) is 0 Å². The van der Waals surface area contributed by atoms with Gasteiger partial charge >= 0.3 is 0 Å². The molecule has 1 aromatic carbocycles. The van der Waals surface area contributed by atoms with E-state index in [1.807, 2.05) is 12.1 Å². The van der Waals surface area contributed by atoms with E-state index >= 15 is 0 Å². The fourth-order valence-electron chi connectivity index (χ4n) is 1.47. The quantitative estimate of drug-likeness (QED) is 0.812. The number of aryl methyl sites for hydroxylation is 1. The molecule has 0 amide bonds. The van der Waals surface area contributed by atoms with Gasteiger partial charge in [-0.1, -0.05) is 33.6 Å². The third-order valence-electron chi connectivity index (χ3n) is 2.29. The van der Waals surface area contributed by atoms with Crippen molar-refractivity contribution < 1.29 is 0 Å². The molecule has 0 saturated carbocycles. The maximum Gasteiger partial charge on any atom is 0.0449 e. The van der Waals surface area contributed by atoms with Gasteiger partial charge in [-0.25, -0.2) is 0 Å². The number of halogens is 2. The first-order chi connectivity index (χ1) is 7.38. The third kappa shape index (κ3) is 5.33. The normalized spacial score (nSPS) is 11.8. The smallest absolute Gasteiger partial charge is 0.0449 e. The molecule has 3 heteroatoms. The molecule has 0 heterocycles. The molecule has 0 aromatic heterocycles. The molecule has 1 nitrogen and oxygen atoms in total. The second kappa shape index (κ2) is 6.04. The van der Waals surface area contributed by atoms with E-state index in [-0.39, 0.29) is 5.54 Å². The van der Waals surface area contributed by atoms with Crippen molar-refractivity contribution in [1.29, 1.82) is 0 Å². The first kappa shape index (κ1) is 14.0. The zero-order chi connectivity index (χ0) is 12.2. The Kier molecular flexibility index (Phi) is 5.29. The zero-order valence-corrected chi connectivity index (χ0v) is 12.5. The summed E-state index contributed by atoms with van der Waals surface area (Å²) in [5, 5.41) is 4.32. The van der Waals surface area contributed by atoms with Gasteiger partial charge in [0.05, 0.1) is 0 Å². The van der Waals surface area contributed by atoms with E-state index < -0.39 is 0 Å². The lowest BCUT2D eigenvalue weighted by Crippen LogP contribution is -2.36. The molecule has 1 aromatic rings. The first-order valence-corrected chi connectivity index (χ1v) is 6.74. The van der Waals surface area contributed by atoms with Crippen LogP contribution >= 0.6 is 27.5 Å². The van der Waals surface area contributed by atoms with Gasteiger partial charge in [0.25, 0.3) is 0 Å². The minimum absolute atomic E-state index is 0.198. The van der Waals surface area contributed by atoms with Crippen LogP contribution < -0.4 is 5.32 Å². The lowest BCUT2D eigenvalue weighted by molar-refractivity contribution is 0.422. The molecule has 16 heavy (non-hydrogen) atoms.